The molecule has 1 atom stereocenters. The first kappa shape index (κ1) is 19.3. The number of halogens is 1. The largest absolute Gasteiger partial charge is 0.492 e. The second-order valence-corrected chi connectivity index (χ2v) is 7.97. The van der Waals surface area contributed by atoms with Crippen molar-refractivity contribution in [2.24, 2.45) is 5.92 Å². The zero-order chi connectivity index (χ0) is 17.4. The van der Waals surface area contributed by atoms with Crippen LogP contribution in [0.5, 0.6) is 5.75 Å². The summed E-state index contributed by atoms with van der Waals surface area (Å²) >= 11 is 3.74. The highest BCUT2D eigenvalue weighted by molar-refractivity contribution is 9.09. The van der Waals surface area contributed by atoms with Gasteiger partial charge < -0.3 is 10.1 Å². The average molecular weight is 396 g/mol. The first-order chi connectivity index (χ1) is 11.6. The number of benzene rings is 1. The van der Waals surface area contributed by atoms with Crippen LogP contribution in [0.1, 0.15) is 64.4 Å². The topological polar surface area (TPSA) is 38.3 Å². The number of rotatable bonds is 8. The van der Waals surface area contributed by atoms with E-state index in [2.05, 4.69) is 40.3 Å². The van der Waals surface area contributed by atoms with Gasteiger partial charge in [-0.05, 0) is 50.3 Å². The molecule has 0 radical (unpaired) electrons. The van der Waals surface area contributed by atoms with Crippen LogP contribution < -0.4 is 10.1 Å². The van der Waals surface area contributed by atoms with Crippen LogP contribution in [0.15, 0.2) is 18.2 Å². The molecule has 0 aliphatic heterocycles. The standard InChI is InChI=1S/C20H30BrNO2/c1-3-8-17(21)13-15-11-12-18(19(14-15)24-4-2)22-20(23)16-9-6-5-7-10-16/h11-12,14,16-17H,3-10,13H2,1-2H3,(H,22,23). The number of hydrogen-bond donors (Lipinski definition) is 1. The van der Waals surface area contributed by atoms with Gasteiger partial charge in [0.05, 0.1) is 12.3 Å². The molecular weight excluding hydrogens is 366 g/mol. The van der Waals surface area contributed by atoms with Gasteiger partial charge in [-0.2, -0.15) is 0 Å². The maximum absolute atomic E-state index is 12.5. The first-order valence-electron chi connectivity index (χ1n) is 9.34. The number of nitrogens with one attached hydrogen (secondary N) is 1. The van der Waals surface area contributed by atoms with Crippen LogP contribution >= 0.6 is 15.9 Å². The van der Waals surface area contributed by atoms with Crippen molar-refractivity contribution in [2.45, 2.75) is 70.0 Å². The van der Waals surface area contributed by atoms with Gasteiger partial charge in [-0.3, -0.25) is 4.79 Å². The Morgan fingerprint density at radius 3 is 2.71 bits per heavy atom. The maximum atomic E-state index is 12.5. The number of ether oxygens (including phenoxy) is 1. The second kappa shape index (κ2) is 10.1. The van der Waals surface area contributed by atoms with Gasteiger partial charge in [0.1, 0.15) is 5.75 Å². The molecule has 0 heterocycles. The van der Waals surface area contributed by atoms with E-state index in [1.165, 1.54) is 31.2 Å². The van der Waals surface area contributed by atoms with Crippen LogP contribution in [0.2, 0.25) is 0 Å². The fourth-order valence-corrected chi connectivity index (χ4v) is 4.17. The third-order valence-corrected chi connectivity index (χ3v) is 5.42. The van der Waals surface area contributed by atoms with Crippen LogP contribution in [0.3, 0.4) is 0 Å². The Morgan fingerprint density at radius 1 is 1.29 bits per heavy atom. The van der Waals surface area contributed by atoms with E-state index >= 15 is 0 Å². The van der Waals surface area contributed by atoms with Gasteiger partial charge in [0, 0.05) is 10.7 Å². The van der Waals surface area contributed by atoms with E-state index in [0.29, 0.717) is 11.4 Å². The molecule has 24 heavy (non-hydrogen) atoms. The monoisotopic (exact) mass is 395 g/mol. The molecule has 3 nitrogen and oxygen atoms in total. The smallest absolute Gasteiger partial charge is 0.227 e. The average Bonchev–Trinajstić information content (AvgIpc) is 2.58. The predicted molar refractivity (Wildman–Crippen MR) is 104 cm³/mol. The molecule has 134 valence electrons. The van der Waals surface area contributed by atoms with E-state index in [1.807, 2.05) is 13.0 Å². The lowest BCUT2D eigenvalue weighted by Gasteiger charge is -2.22. The zero-order valence-corrected chi connectivity index (χ0v) is 16.5. The minimum Gasteiger partial charge on any atom is -0.492 e. The van der Waals surface area contributed by atoms with Crippen LogP contribution in [-0.4, -0.2) is 17.3 Å². The van der Waals surface area contributed by atoms with E-state index in [-0.39, 0.29) is 11.8 Å². The second-order valence-electron chi connectivity index (χ2n) is 6.68. The van der Waals surface area contributed by atoms with Gasteiger partial charge in [-0.25, -0.2) is 0 Å². The summed E-state index contributed by atoms with van der Waals surface area (Å²) in [4.78, 5) is 13.0. The van der Waals surface area contributed by atoms with Crippen molar-refractivity contribution in [3.63, 3.8) is 0 Å². The molecule has 1 aromatic rings. The number of amides is 1. The van der Waals surface area contributed by atoms with E-state index < -0.39 is 0 Å². The Hall–Kier alpha value is -1.03. The lowest BCUT2D eigenvalue weighted by molar-refractivity contribution is -0.120. The Labute approximate surface area is 154 Å². The summed E-state index contributed by atoms with van der Waals surface area (Å²) < 4.78 is 5.78. The van der Waals surface area contributed by atoms with Gasteiger partial charge >= 0.3 is 0 Å². The fourth-order valence-electron chi connectivity index (χ4n) is 3.34. The normalized spacial score (nSPS) is 16.6. The minimum absolute atomic E-state index is 0.146. The molecular formula is C20H30BrNO2. The van der Waals surface area contributed by atoms with E-state index in [9.17, 15) is 4.79 Å². The van der Waals surface area contributed by atoms with Gasteiger partial charge in [0.25, 0.3) is 0 Å². The van der Waals surface area contributed by atoms with Crippen LogP contribution in [0.25, 0.3) is 0 Å². The Balaban J connectivity index is 2.06. The number of carbonyl (C=O) groups excluding carboxylic acids is 1. The number of carbonyl (C=O) groups is 1. The summed E-state index contributed by atoms with van der Waals surface area (Å²) in [5.74, 6) is 1.09. The van der Waals surface area contributed by atoms with Gasteiger partial charge in [0.15, 0.2) is 0 Å². The molecule has 0 bridgehead atoms. The quantitative estimate of drug-likeness (QED) is 0.572. The Morgan fingerprint density at radius 2 is 2.04 bits per heavy atom. The molecule has 1 aliphatic carbocycles. The summed E-state index contributed by atoms with van der Waals surface area (Å²) in [5, 5.41) is 3.10. The third kappa shape index (κ3) is 5.80. The highest BCUT2D eigenvalue weighted by Gasteiger charge is 2.22. The molecule has 1 amide bonds. The molecule has 1 N–H and O–H groups in total. The highest BCUT2D eigenvalue weighted by atomic mass is 79.9. The van der Waals surface area contributed by atoms with Crippen LogP contribution in [0.4, 0.5) is 5.69 Å². The first-order valence-corrected chi connectivity index (χ1v) is 10.3. The molecule has 0 spiro atoms. The maximum Gasteiger partial charge on any atom is 0.227 e. The SMILES string of the molecule is CCCC(Br)Cc1ccc(NC(=O)C2CCCCC2)c(OCC)c1. The molecule has 1 fully saturated rings. The van der Waals surface area contributed by atoms with Crippen molar-refractivity contribution in [3.8, 4) is 5.75 Å². The van der Waals surface area contributed by atoms with E-state index in [0.717, 1.165) is 37.1 Å². The van der Waals surface area contributed by atoms with E-state index in [1.54, 1.807) is 0 Å². The number of anilines is 1. The molecule has 1 aromatic carbocycles. The minimum atomic E-state index is 0.146. The van der Waals surface area contributed by atoms with Crippen molar-refractivity contribution in [3.05, 3.63) is 23.8 Å². The predicted octanol–water partition coefficient (Wildman–Crippen LogP) is 5.71. The van der Waals surface area contributed by atoms with Gasteiger partial charge in [0.2, 0.25) is 5.91 Å². The summed E-state index contributed by atoms with van der Waals surface area (Å²) in [6.45, 7) is 4.77. The Bertz CT molecular complexity index is 526. The summed E-state index contributed by atoms with van der Waals surface area (Å²) in [6, 6.07) is 6.17. The van der Waals surface area contributed by atoms with Crippen LogP contribution in [0, 0.1) is 5.92 Å². The summed E-state index contributed by atoms with van der Waals surface area (Å²) in [6.07, 6.45) is 8.91. The van der Waals surface area contributed by atoms with Crippen molar-refractivity contribution < 1.29 is 9.53 Å². The number of hydrogen-bond acceptors (Lipinski definition) is 2. The summed E-state index contributed by atoms with van der Waals surface area (Å²) in [7, 11) is 0. The Kier molecular flexibility index (Phi) is 8.10. The van der Waals surface area contributed by atoms with Gasteiger partial charge in [-0.1, -0.05) is 54.6 Å². The lowest BCUT2D eigenvalue weighted by Crippen LogP contribution is -2.25. The highest BCUT2D eigenvalue weighted by Crippen LogP contribution is 2.30. The fraction of sp³-hybridized carbons (Fsp3) is 0.650. The van der Waals surface area contributed by atoms with Crippen LogP contribution in [-0.2, 0) is 11.2 Å². The molecule has 2 rings (SSSR count). The molecule has 1 unspecified atom stereocenters. The van der Waals surface area contributed by atoms with Crippen molar-refractivity contribution in [1.82, 2.24) is 0 Å². The van der Waals surface area contributed by atoms with Crippen molar-refractivity contribution >= 4 is 27.5 Å². The lowest BCUT2D eigenvalue weighted by atomic mass is 9.88. The van der Waals surface area contributed by atoms with Crippen molar-refractivity contribution in [2.75, 3.05) is 11.9 Å². The van der Waals surface area contributed by atoms with Gasteiger partial charge in [-0.15, -0.1) is 0 Å². The molecule has 1 saturated carbocycles. The molecule has 0 saturated heterocycles. The zero-order valence-electron chi connectivity index (χ0n) is 14.9. The molecule has 1 aliphatic rings. The van der Waals surface area contributed by atoms with Crippen molar-refractivity contribution in [1.29, 1.82) is 0 Å². The third-order valence-electron chi connectivity index (χ3n) is 4.64. The summed E-state index contributed by atoms with van der Waals surface area (Å²) in [5.41, 5.74) is 2.04. The number of alkyl halides is 1. The van der Waals surface area contributed by atoms with E-state index in [4.69, 9.17) is 4.74 Å². The molecule has 0 aromatic heterocycles. The molecule has 4 heteroatoms.